The molecule has 1 amide bonds. The summed E-state index contributed by atoms with van der Waals surface area (Å²) in [6.45, 7) is 1.83. The Balaban J connectivity index is 1.83. The van der Waals surface area contributed by atoms with E-state index in [-0.39, 0.29) is 18.6 Å². The molecule has 0 heterocycles. The minimum atomic E-state index is -0.411. The first kappa shape index (κ1) is 16.5. The van der Waals surface area contributed by atoms with Gasteiger partial charge in [-0.3, -0.25) is 4.79 Å². The first-order valence-electron chi connectivity index (χ1n) is 7.25. The van der Waals surface area contributed by atoms with Gasteiger partial charge in [-0.15, -0.1) is 0 Å². The van der Waals surface area contributed by atoms with Crippen LogP contribution in [0.2, 0.25) is 0 Å². The highest BCUT2D eigenvalue weighted by Gasteiger charge is 2.10. The van der Waals surface area contributed by atoms with Crippen molar-refractivity contribution in [1.29, 1.82) is 0 Å². The van der Waals surface area contributed by atoms with E-state index in [2.05, 4.69) is 10.1 Å². The molecule has 0 saturated carbocycles. The lowest BCUT2D eigenvalue weighted by molar-refractivity contribution is -0.123. The van der Waals surface area contributed by atoms with Crippen LogP contribution in [0.3, 0.4) is 0 Å². The molecule has 5 heteroatoms. The van der Waals surface area contributed by atoms with E-state index in [4.69, 9.17) is 4.74 Å². The molecular formula is C18H19NO4. The van der Waals surface area contributed by atoms with Gasteiger partial charge in [-0.1, -0.05) is 30.3 Å². The minimum Gasteiger partial charge on any atom is -0.484 e. The quantitative estimate of drug-likeness (QED) is 0.833. The van der Waals surface area contributed by atoms with Gasteiger partial charge < -0.3 is 14.8 Å². The SMILES string of the molecule is COC(=O)c1ccc(OCC(=O)N[C@@H](C)c2ccccc2)cc1. The van der Waals surface area contributed by atoms with E-state index in [1.165, 1.54) is 7.11 Å². The van der Waals surface area contributed by atoms with Crippen LogP contribution < -0.4 is 10.1 Å². The number of benzene rings is 2. The van der Waals surface area contributed by atoms with Gasteiger partial charge in [0.15, 0.2) is 6.61 Å². The van der Waals surface area contributed by atoms with E-state index in [0.717, 1.165) is 5.56 Å². The summed E-state index contributed by atoms with van der Waals surface area (Å²) in [6.07, 6.45) is 0. The molecule has 2 rings (SSSR count). The number of rotatable bonds is 6. The van der Waals surface area contributed by atoms with Crippen molar-refractivity contribution >= 4 is 11.9 Å². The number of amides is 1. The summed E-state index contributed by atoms with van der Waals surface area (Å²) < 4.78 is 10.0. The number of carbonyl (C=O) groups is 2. The van der Waals surface area contributed by atoms with Crippen molar-refractivity contribution in [2.45, 2.75) is 13.0 Å². The summed E-state index contributed by atoms with van der Waals surface area (Å²) in [7, 11) is 1.32. The fraction of sp³-hybridized carbons (Fsp3) is 0.222. The molecule has 0 bridgehead atoms. The normalized spacial score (nSPS) is 11.4. The molecule has 1 atom stereocenters. The Labute approximate surface area is 135 Å². The largest absolute Gasteiger partial charge is 0.484 e. The van der Waals surface area contributed by atoms with Crippen molar-refractivity contribution < 1.29 is 19.1 Å². The van der Waals surface area contributed by atoms with Crippen molar-refractivity contribution in [2.24, 2.45) is 0 Å². The Hall–Kier alpha value is -2.82. The highest BCUT2D eigenvalue weighted by Crippen LogP contribution is 2.14. The second-order valence-electron chi connectivity index (χ2n) is 5.00. The van der Waals surface area contributed by atoms with E-state index < -0.39 is 5.97 Å². The van der Waals surface area contributed by atoms with Crippen LogP contribution in [0.15, 0.2) is 54.6 Å². The lowest BCUT2D eigenvalue weighted by Gasteiger charge is -2.14. The van der Waals surface area contributed by atoms with E-state index in [1.54, 1.807) is 24.3 Å². The Morgan fingerprint density at radius 2 is 1.70 bits per heavy atom. The molecule has 0 spiro atoms. The average Bonchev–Trinajstić information content (AvgIpc) is 2.60. The standard InChI is InChI=1S/C18H19NO4/c1-13(14-6-4-3-5-7-14)19-17(20)12-23-16-10-8-15(9-11-16)18(21)22-2/h3-11,13H,12H2,1-2H3,(H,19,20)/t13-/m0/s1. The summed E-state index contributed by atoms with van der Waals surface area (Å²) in [6, 6.07) is 16.0. The lowest BCUT2D eigenvalue weighted by atomic mass is 10.1. The molecule has 0 aliphatic heterocycles. The second kappa shape index (κ2) is 7.98. The molecule has 2 aromatic carbocycles. The number of hydrogen-bond acceptors (Lipinski definition) is 4. The highest BCUT2D eigenvalue weighted by atomic mass is 16.5. The van der Waals surface area contributed by atoms with Gasteiger partial charge in [0.2, 0.25) is 0 Å². The number of esters is 1. The Kier molecular flexibility index (Phi) is 5.74. The highest BCUT2D eigenvalue weighted by molar-refractivity contribution is 5.89. The molecular weight excluding hydrogens is 294 g/mol. The Morgan fingerprint density at radius 1 is 1.04 bits per heavy atom. The topological polar surface area (TPSA) is 64.6 Å². The monoisotopic (exact) mass is 313 g/mol. The van der Waals surface area contributed by atoms with Crippen LogP contribution in [0, 0.1) is 0 Å². The van der Waals surface area contributed by atoms with E-state index in [0.29, 0.717) is 11.3 Å². The molecule has 0 saturated heterocycles. The average molecular weight is 313 g/mol. The second-order valence-corrected chi connectivity index (χ2v) is 5.00. The number of hydrogen-bond donors (Lipinski definition) is 1. The molecule has 0 aliphatic carbocycles. The van der Waals surface area contributed by atoms with Crippen molar-refractivity contribution in [2.75, 3.05) is 13.7 Å². The maximum atomic E-state index is 11.9. The molecule has 120 valence electrons. The molecule has 0 aliphatic rings. The zero-order valence-electron chi connectivity index (χ0n) is 13.1. The van der Waals surface area contributed by atoms with E-state index >= 15 is 0 Å². The van der Waals surface area contributed by atoms with Crippen LogP contribution in [0.1, 0.15) is 28.9 Å². The molecule has 5 nitrogen and oxygen atoms in total. The first-order chi connectivity index (χ1) is 11.1. The molecule has 2 aromatic rings. The van der Waals surface area contributed by atoms with Gasteiger partial charge in [-0.2, -0.15) is 0 Å². The van der Waals surface area contributed by atoms with Gasteiger partial charge in [-0.05, 0) is 36.8 Å². The third-order valence-electron chi connectivity index (χ3n) is 3.32. The molecule has 0 unspecified atom stereocenters. The van der Waals surface area contributed by atoms with Crippen LogP contribution in [0.25, 0.3) is 0 Å². The zero-order chi connectivity index (χ0) is 16.7. The molecule has 0 aromatic heterocycles. The van der Waals surface area contributed by atoms with Crippen molar-refractivity contribution in [1.82, 2.24) is 5.32 Å². The summed E-state index contributed by atoms with van der Waals surface area (Å²) in [5, 5.41) is 2.87. The first-order valence-corrected chi connectivity index (χ1v) is 7.25. The van der Waals surface area contributed by atoms with Crippen LogP contribution in [0.5, 0.6) is 5.75 Å². The van der Waals surface area contributed by atoms with E-state index in [9.17, 15) is 9.59 Å². The van der Waals surface area contributed by atoms with Gasteiger partial charge in [0.1, 0.15) is 5.75 Å². The third kappa shape index (κ3) is 4.85. The van der Waals surface area contributed by atoms with Crippen molar-refractivity contribution in [3.63, 3.8) is 0 Å². The molecule has 0 fully saturated rings. The van der Waals surface area contributed by atoms with Crippen LogP contribution >= 0.6 is 0 Å². The number of methoxy groups -OCH3 is 1. The maximum absolute atomic E-state index is 11.9. The predicted molar refractivity (Wildman–Crippen MR) is 86.3 cm³/mol. The number of carbonyl (C=O) groups excluding carboxylic acids is 2. The van der Waals surface area contributed by atoms with Crippen LogP contribution in [0.4, 0.5) is 0 Å². The molecule has 0 radical (unpaired) electrons. The van der Waals surface area contributed by atoms with E-state index in [1.807, 2.05) is 37.3 Å². The Bertz CT molecular complexity index is 652. The van der Waals surface area contributed by atoms with Gasteiger partial charge >= 0.3 is 5.97 Å². The third-order valence-corrected chi connectivity index (χ3v) is 3.32. The minimum absolute atomic E-state index is 0.0885. The van der Waals surface area contributed by atoms with Gasteiger partial charge in [0.05, 0.1) is 18.7 Å². The Morgan fingerprint density at radius 3 is 2.30 bits per heavy atom. The fourth-order valence-corrected chi connectivity index (χ4v) is 2.06. The summed E-state index contributed by atoms with van der Waals surface area (Å²) >= 11 is 0. The number of ether oxygens (including phenoxy) is 2. The van der Waals surface area contributed by atoms with Crippen LogP contribution in [-0.4, -0.2) is 25.6 Å². The predicted octanol–water partition coefficient (Wildman–Crippen LogP) is 2.73. The van der Waals surface area contributed by atoms with Gasteiger partial charge in [0.25, 0.3) is 5.91 Å². The summed E-state index contributed by atoms with van der Waals surface area (Å²) in [4.78, 5) is 23.2. The maximum Gasteiger partial charge on any atom is 0.337 e. The lowest BCUT2D eigenvalue weighted by Crippen LogP contribution is -2.31. The summed E-state index contributed by atoms with van der Waals surface area (Å²) in [5.74, 6) is -0.107. The smallest absolute Gasteiger partial charge is 0.337 e. The molecule has 1 N–H and O–H groups in total. The van der Waals surface area contributed by atoms with Crippen LogP contribution in [-0.2, 0) is 9.53 Å². The molecule has 23 heavy (non-hydrogen) atoms. The fourth-order valence-electron chi connectivity index (χ4n) is 2.06. The summed E-state index contributed by atoms with van der Waals surface area (Å²) in [5.41, 5.74) is 1.46. The van der Waals surface area contributed by atoms with Gasteiger partial charge in [-0.25, -0.2) is 4.79 Å². The van der Waals surface area contributed by atoms with Crippen molar-refractivity contribution in [3.8, 4) is 5.75 Å². The van der Waals surface area contributed by atoms with Crippen molar-refractivity contribution in [3.05, 3.63) is 65.7 Å². The zero-order valence-corrected chi connectivity index (χ0v) is 13.1. The number of nitrogens with one attached hydrogen (secondary N) is 1. The van der Waals surface area contributed by atoms with Gasteiger partial charge in [0, 0.05) is 0 Å².